The van der Waals surface area contributed by atoms with Gasteiger partial charge in [0.1, 0.15) is 0 Å². The van der Waals surface area contributed by atoms with Crippen molar-refractivity contribution in [1.29, 1.82) is 0 Å². The molecule has 0 fully saturated rings. The van der Waals surface area contributed by atoms with E-state index in [2.05, 4.69) is 240 Å². The van der Waals surface area contributed by atoms with Gasteiger partial charge in [-0.15, -0.1) is 0 Å². The highest BCUT2D eigenvalue weighted by Gasteiger charge is 2.53. The Labute approximate surface area is 382 Å². The lowest BCUT2D eigenvalue weighted by atomic mass is 9.55. The molecular weight excluding hydrogens is 771 g/mol. The molecular formula is C63H61N. The summed E-state index contributed by atoms with van der Waals surface area (Å²) in [6.45, 7) is 15.5. The van der Waals surface area contributed by atoms with Gasteiger partial charge < -0.3 is 5.32 Å². The highest BCUT2D eigenvalue weighted by molar-refractivity contribution is 5.90. The van der Waals surface area contributed by atoms with Gasteiger partial charge in [0.25, 0.3) is 0 Å². The maximum Gasteiger partial charge on any atom is 0.0719 e. The predicted molar refractivity (Wildman–Crippen MR) is 274 cm³/mol. The van der Waals surface area contributed by atoms with E-state index in [4.69, 9.17) is 0 Å². The summed E-state index contributed by atoms with van der Waals surface area (Å²) >= 11 is 0. The number of benzene rings is 7. The second-order valence-corrected chi connectivity index (χ2v) is 18.4. The van der Waals surface area contributed by atoms with Gasteiger partial charge in [-0.2, -0.15) is 0 Å². The minimum atomic E-state index is -0.357. The molecule has 0 radical (unpaired) electrons. The summed E-state index contributed by atoms with van der Waals surface area (Å²) in [6, 6.07) is 60.7. The molecule has 0 amide bonds. The van der Waals surface area contributed by atoms with Crippen LogP contribution < -0.4 is 5.32 Å². The van der Waals surface area contributed by atoms with Crippen molar-refractivity contribution < 1.29 is 0 Å². The van der Waals surface area contributed by atoms with E-state index in [9.17, 15) is 0 Å². The standard InChI is InChI=1S/C49H43N.C12H12.C2H6/c1-32-14-6-7-15-37(32)39-30-34(23-22-33(39)2)48(5)28-26-35(27-29-48)50-36-24-25-42-40(31-36)38-16-8-9-17-41(38)49(42)45-20-12-10-18-43(45)47(3,4)44-19-11-13-21-46(44)49;1-3-7-11(8-4-1)12-9-5-2-6-10-12;1-2/h6-28,30-31,50H,29H2,1-5H3;1-5,7-9H,6,10H2;1-2H3. The number of aryl methyl sites for hydroxylation is 2. The Morgan fingerprint density at radius 1 is 0.516 bits per heavy atom. The lowest BCUT2D eigenvalue weighted by Gasteiger charge is -2.46. The van der Waals surface area contributed by atoms with Crippen LogP contribution in [0.5, 0.6) is 0 Å². The zero-order valence-corrected chi connectivity index (χ0v) is 38.7. The molecule has 1 N–H and O–H groups in total. The lowest BCUT2D eigenvalue weighted by molar-refractivity contribution is 0.563. The fraction of sp³-hybridized carbons (Fsp3) is 0.206. The predicted octanol–water partition coefficient (Wildman–Crippen LogP) is 16.6. The van der Waals surface area contributed by atoms with Gasteiger partial charge in [-0.25, -0.2) is 0 Å². The molecule has 4 aliphatic rings. The Morgan fingerprint density at radius 3 is 1.75 bits per heavy atom. The summed E-state index contributed by atoms with van der Waals surface area (Å²) in [6.07, 6.45) is 16.9. The van der Waals surface area contributed by atoms with Crippen LogP contribution in [0, 0.1) is 13.8 Å². The first-order valence-corrected chi connectivity index (χ1v) is 23.4. The van der Waals surface area contributed by atoms with Crippen molar-refractivity contribution in [1.82, 2.24) is 0 Å². The SMILES string of the molecule is C1=CCCC(c2ccccc2)=C1.CC.Cc1ccccc1-c1cc(C2(C)C=CC(Nc3ccc4c(c3)-c3ccccc3C43c4ccccc4C(C)(C)c4ccccc43)=CC2)ccc1C. The first kappa shape index (κ1) is 42.6. The van der Waals surface area contributed by atoms with E-state index in [1.165, 1.54) is 96.3 Å². The van der Waals surface area contributed by atoms with Crippen LogP contribution in [-0.2, 0) is 16.2 Å². The molecule has 0 saturated carbocycles. The van der Waals surface area contributed by atoms with Crippen molar-refractivity contribution in [2.45, 2.75) is 84.0 Å². The molecule has 0 heterocycles. The topological polar surface area (TPSA) is 12.0 Å². The van der Waals surface area contributed by atoms with Crippen molar-refractivity contribution in [2.75, 3.05) is 5.32 Å². The van der Waals surface area contributed by atoms with Crippen LogP contribution >= 0.6 is 0 Å². The minimum absolute atomic E-state index is 0.0743. The third-order valence-corrected chi connectivity index (χ3v) is 14.2. The fourth-order valence-corrected chi connectivity index (χ4v) is 10.8. The zero-order valence-electron chi connectivity index (χ0n) is 38.7. The average molecular weight is 832 g/mol. The summed E-state index contributed by atoms with van der Waals surface area (Å²) in [5, 5.41) is 3.80. The Hall–Kier alpha value is -6.70. The zero-order chi connectivity index (χ0) is 44.5. The number of fused-ring (bicyclic) bond motifs is 9. The van der Waals surface area contributed by atoms with Gasteiger partial charge in [-0.1, -0.05) is 211 Å². The summed E-state index contributed by atoms with van der Waals surface area (Å²) in [7, 11) is 0. The molecule has 0 saturated heterocycles. The lowest BCUT2D eigenvalue weighted by Crippen LogP contribution is -2.40. The van der Waals surface area contributed by atoms with E-state index in [1.54, 1.807) is 0 Å². The maximum atomic E-state index is 3.80. The quantitative estimate of drug-likeness (QED) is 0.182. The number of allylic oxidation sites excluding steroid dienone is 7. The highest BCUT2D eigenvalue weighted by Crippen LogP contribution is 2.62. The van der Waals surface area contributed by atoms with Gasteiger partial charge in [-0.05, 0) is 141 Å². The number of hydrogen-bond acceptors (Lipinski definition) is 1. The van der Waals surface area contributed by atoms with Crippen LogP contribution in [0.3, 0.4) is 0 Å². The summed E-state index contributed by atoms with van der Waals surface area (Å²) < 4.78 is 0. The number of nitrogens with one attached hydrogen (secondary N) is 1. The van der Waals surface area contributed by atoms with Crippen LogP contribution in [0.2, 0.25) is 0 Å². The van der Waals surface area contributed by atoms with Crippen LogP contribution in [0.15, 0.2) is 206 Å². The van der Waals surface area contributed by atoms with E-state index in [0.717, 1.165) is 17.8 Å². The minimum Gasteiger partial charge on any atom is -0.356 e. The molecule has 7 aromatic carbocycles. The third kappa shape index (κ3) is 7.31. The van der Waals surface area contributed by atoms with Gasteiger partial charge in [0, 0.05) is 22.2 Å². The second kappa shape index (κ2) is 17.5. The molecule has 0 aromatic heterocycles. The third-order valence-electron chi connectivity index (χ3n) is 14.2. The summed E-state index contributed by atoms with van der Waals surface area (Å²) in [4.78, 5) is 0. The van der Waals surface area contributed by atoms with Crippen molar-refractivity contribution >= 4 is 11.3 Å². The summed E-state index contributed by atoms with van der Waals surface area (Å²) in [5.74, 6) is 0. The molecule has 4 aliphatic carbocycles. The number of anilines is 1. The Morgan fingerprint density at radius 2 is 1.11 bits per heavy atom. The first-order valence-electron chi connectivity index (χ1n) is 23.4. The fourth-order valence-electron chi connectivity index (χ4n) is 10.8. The molecule has 1 heteroatoms. The van der Waals surface area contributed by atoms with Crippen LogP contribution in [0.4, 0.5) is 5.69 Å². The molecule has 0 bridgehead atoms. The molecule has 64 heavy (non-hydrogen) atoms. The van der Waals surface area contributed by atoms with Crippen molar-refractivity contribution in [3.05, 3.63) is 262 Å². The van der Waals surface area contributed by atoms with Crippen LogP contribution in [0.25, 0.3) is 27.8 Å². The van der Waals surface area contributed by atoms with E-state index in [-0.39, 0.29) is 16.2 Å². The van der Waals surface area contributed by atoms with Gasteiger partial charge in [-0.3, -0.25) is 0 Å². The normalized spacial score (nSPS) is 17.8. The van der Waals surface area contributed by atoms with Crippen LogP contribution in [-0.4, -0.2) is 0 Å². The molecule has 7 aromatic rings. The molecule has 1 atom stereocenters. The van der Waals surface area contributed by atoms with Gasteiger partial charge in [0.05, 0.1) is 5.41 Å². The van der Waals surface area contributed by atoms with Gasteiger partial charge >= 0.3 is 0 Å². The average Bonchev–Trinajstić information content (AvgIpc) is 3.63. The monoisotopic (exact) mass is 831 g/mol. The Balaban J connectivity index is 0.000000317. The molecule has 0 aliphatic heterocycles. The van der Waals surface area contributed by atoms with Gasteiger partial charge in [0.2, 0.25) is 0 Å². The number of rotatable bonds is 5. The molecule has 1 spiro atoms. The van der Waals surface area contributed by atoms with E-state index >= 15 is 0 Å². The van der Waals surface area contributed by atoms with E-state index in [1.807, 2.05) is 13.8 Å². The largest absolute Gasteiger partial charge is 0.356 e. The highest BCUT2D eigenvalue weighted by atomic mass is 14.9. The van der Waals surface area contributed by atoms with Crippen molar-refractivity contribution in [3.8, 4) is 22.3 Å². The van der Waals surface area contributed by atoms with Crippen molar-refractivity contribution in [2.24, 2.45) is 0 Å². The Bertz CT molecular complexity index is 2920. The van der Waals surface area contributed by atoms with Crippen LogP contribution in [0.1, 0.15) is 110 Å². The van der Waals surface area contributed by atoms with E-state index in [0.29, 0.717) is 0 Å². The molecule has 318 valence electrons. The summed E-state index contributed by atoms with van der Waals surface area (Å²) in [5.41, 5.74) is 22.1. The molecule has 1 unspecified atom stereocenters. The van der Waals surface area contributed by atoms with E-state index < -0.39 is 0 Å². The smallest absolute Gasteiger partial charge is 0.0719 e. The van der Waals surface area contributed by atoms with Gasteiger partial charge in [0.15, 0.2) is 0 Å². The second-order valence-electron chi connectivity index (χ2n) is 18.4. The number of hydrogen-bond donors (Lipinski definition) is 1. The molecule has 1 nitrogen and oxygen atoms in total. The molecule has 11 rings (SSSR count). The maximum absolute atomic E-state index is 3.80. The Kier molecular flexibility index (Phi) is 11.6. The first-order chi connectivity index (χ1) is 31.2. The van der Waals surface area contributed by atoms with Crippen molar-refractivity contribution in [3.63, 3.8) is 0 Å².